The molecule has 8 nitrogen and oxygen atoms in total. The van der Waals surface area contributed by atoms with Gasteiger partial charge in [-0.1, -0.05) is 11.8 Å². The number of ether oxygens (including phenoxy) is 2. The van der Waals surface area contributed by atoms with Crippen LogP contribution < -0.4 is 0 Å². The molecule has 4 aromatic heterocycles. The van der Waals surface area contributed by atoms with Crippen molar-refractivity contribution in [2.24, 2.45) is 0 Å². The molecule has 0 amide bonds. The van der Waals surface area contributed by atoms with Crippen molar-refractivity contribution >= 4 is 55.6 Å². The van der Waals surface area contributed by atoms with Gasteiger partial charge in [-0.2, -0.15) is 0 Å². The minimum absolute atomic E-state index is 0.262. The molecule has 2 N–H and O–H groups in total. The number of fused-ring (bicyclic) bond motifs is 6. The maximum absolute atomic E-state index is 12.1. The normalized spacial score (nSPS) is 10.8. The number of hydrogen-bond acceptors (Lipinski definition) is 6. The highest BCUT2D eigenvalue weighted by Crippen LogP contribution is 2.27. The van der Waals surface area contributed by atoms with Gasteiger partial charge < -0.3 is 19.4 Å². The Balaban J connectivity index is 1.29. The van der Waals surface area contributed by atoms with Crippen LogP contribution in [0, 0.1) is 23.7 Å². The molecule has 40 heavy (non-hydrogen) atoms. The maximum atomic E-state index is 12.1. The second kappa shape index (κ2) is 10.3. The first-order valence-corrected chi connectivity index (χ1v) is 12.7. The first-order valence-electron chi connectivity index (χ1n) is 12.7. The number of rotatable bonds is 4. The summed E-state index contributed by atoms with van der Waals surface area (Å²) in [5, 5.41) is 3.61. The molecule has 0 atom stereocenters. The van der Waals surface area contributed by atoms with E-state index in [4.69, 9.17) is 9.47 Å². The van der Waals surface area contributed by atoms with Gasteiger partial charge in [-0.05, 0) is 74.2 Å². The Labute approximate surface area is 228 Å². The molecule has 6 rings (SSSR count). The Hall–Kier alpha value is -5.60. The van der Waals surface area contributed by atoms with E-state index in [9.17, 15) is 9.59 Å². The van der Waals surface area contributed by atoms with Gasteiger partial charge in [-0.3, -0.25) is 0 Å². The number of carbonyl (C=O) groups is 2. The third kappa shape index (κ3) is 4.59. The van der Waals surface area contributed by atoms with Crippen molar-refractivity contribution in [2.75, 3.05) is 13.2 Å². The Bertz CT molecular complexity index is 1950. The van der Waals surface area contributed by atoms with Crippen LogP contribution in [0.25, 0.3) is 43.6 Å². The van der Waals surface area contributed by atoms with Crippen molar-refractivity contribution in [3.8, 4) is 23.7 Å². The Morgan fingerprint density at radius 3 is 1.50 bits per heavy atom. The number of pyridine rings is 2. The molecule has 0 spiro atoms. The summed E-state index contributed by atoms with van der Waals surface area (Å²) >= 11 is 0. The fourth-order valence-electron chi connectivity index (χ4n) is 4.59. The molecule has 0 unspecified atom stereocenters. The van der Waals surface area contributed by atoms with Gasteiger partial charge in [0.2, 0.25) is 0 Å². The summed E-state index contributed by atoms with van der Waals surface area (Å²) in [5.41, 5.74) is 5.60. The van der Waals surface area contributed by atoms with E-state index in [-0.39, 0.29) is 24.6 Å². The maximum Gasteiger partial charge on any atom is 0.356 e. The van der Waals surface area contributed by atoms with E-state index in [2.05, 4.69) is 43.6 Å². The van der Waals surface area contributed by atoms with E-state index in [1.165, 1.54) is 0 Å². The lowest BCUT2D eigenvalue weighted by molar-refractivity contribution is 0.0510. The summed E-state index contributed by atoms with van der Waals surface area (Å²) in [6.07, 6.45) is 3.27. The van der Waals surface area contributed by atoms with Crippen LogP contribution >= 0.6 is 0 Å². The molecule has 194 valence electrons. The summed E-state index contributed by atoms with van der Waals surface area (Å²) < 4.78 is 10.2. The highest BCUT2D eigenvalue weighted by molar-refractivity contribution is 6.10. The van der Waals surface area contributed by atoms with Crippen molar-refractivity contribution < 1.29 is 19.1 Å². The van der Waals surface area contributed by atoms with Crippen LogP contribution in [-0.2, 0) is 9.47 Å². The molecule has 0 bridgehead atoms. The third-order valence-corrected chi connectivity index (χ3v) is 6.41. The number of benzene rings is 2. The van der Waals surface area contributed by atoms with Crippen molar-refractivity contribution in [3.05, 3.63) is 83.4 Å². The number of nitrogens with zero attached hydrogens (tertiary/aromatic N) is 2. The molecular formula is C32H22N4O4. The zero-order valence-corrected chi connectivity index (χ0v) is 21.7. The van der Waals surface area contributed by atoms with Gasteiger partial charge in [-0.15, -0.1) is 0 Å². The van der Waals surface area contributed by atoms with Gasteiger partial charge in [-0.25, -0.2) is 19.6 Å². The van der Waals surface area contributed by atoms with Gasteiger partial charge in [0.15, 0.2) is 0 Å². The topological polar surface area (TPSA) is 110 Å². The first-order chi connectivity index (χ1) is 19.5. The number of H-pyrrole nitrogens is 2. The third-order valence-electron chi connectivity index (χ3n) is 6.41. The fourth-order valence-corrected chi connectivity index (χ4v) is 4.59. The summed E-state index contributed by atoms with van der Waals surface area (Å²) in [4.78, 5) is 39.3. The van der Waals surface area contributed by atoms with Crippen LogP contribution in [0.3, 0.4) is 0 Å². The first kappa shape index (κ1) is 24.7. The van der Waals surface area contributed by atoms with Crippen LogP contribution in [0.5, 0.6) is 0 Å². The number of nitrogens with one attached hydrogen (secondary N) is 2. The predicted octanol–water partition coefficient (Wildman–Crippen LogP) is 5.50. The van der Waals surface area contributed by atoms with E-state index in [1.54, 1.807) is 38.4 Å². The molecule has 2 aromatic carbocycles. The van der Waals surface area contributed by atoms with E-state index < -0.39 is 11.9 Å². The SMILES string of the molecule is CCOC(=O)c1cc2c(cn1)[nH]c1ccc(C#CC#Cc3ccc4[nH]c5cnc(C(=O)OCC)cc5c4c3)cc12. The molecule has 8 heteroatoms. The average Bonchev–Trinajstić information content (AvgIpc) is 3.52. The fraction of sp³-hybridized carbons (Fsp3) is 0.125. The summed E-state index contributed by atoms with van der Waals surface area (Å²) in [5.74, 6) is 11.2. The molecule has 0 fully saturated rings. The van der Waals surface area contributed by atoms with Gasteiger partial charge >= 0.3 is 11.9 Å². The minimum atomic E-state index is -0.452. The van der Waals surface area contributed by atoms with E-state index in [1.807, 2.05) is 36.4 Å². The second-order valence-corrected chi connectivity index (χ2v) is 8.94. The lowest BCUT2D eigenvalue weighted by Gasteiger charge is -2.00. The van der Waals surface area contributed by atoms with Crippen molar-refractivity contribution in [1.29, 1.82) is 0 Å². The molecular weight excluding hydrogens is 504 g/mol. The van der Waals surface area contributed by atoms with Crippen LogP contribution in [-0.4, -0.2) is 45.1 Å². The van der Waals surface area contributed by atoms with Gasteiger partial charge in [0.05, 0.1) is 36.6 Å². The van der Waals surface area contributed by atoms with E-state index in [0.717, 1.165) is 54.7 Å². The molecule has 0 aliphatic heterocycles. The van der Waals surface area contributed by atoms with Gasteiger partial charge in [0.25, 0.3) is 0 Å². The van der Waals surface area contributed by atoms with E-state index >= 15 is 0 Å². The zero-order chi connectivity index (χ0) is 27.6. The van der Waals surface area contributed by atoms with Crippen LogP contribution in [0.15, 0.2) is 60.9 Å². The van der Waals surface area contributed by atoms with Crippen LogP contribution in [0.2, 0.25) is 0 Å². The van der Waals surface area contributed by atoms with Crippen LogP contribution in [0.1, 0.15) is 46.0 Å². The van der Waals surface area contributed by atoms with Crippen molar-refractivity contribution in [1.82, 2.24) is 19.9 Å². The lowest BCUT2D eigenvalue weighted by atomic mass is 10.1. The van der Waals surface area contributed by atoms with Crippen LogP contribution in [0.4, 0.5) is 0 Å². The quantitative estimate of drug-likeness (QED) is 0.232. The monoisotopic (exact) mass is 526 g/mol. The molecule has 0 aliphatic rings. The summed E-state index contributed by atoms with van der Waals surface area (Å²) in [6.45, 7) is 4.10. The Morgan fingerprint density at radius 2 is 1.07 bits per heavy atom. The highest BCUT2D eigenvalue weighted by Gasteiger charge is 2.13. The predicted molar refractivity (Wildman–Crippen MR) is 153 cm³/mol. The largest absolute Gasteiger partial charge is 0.461 e. The smallest absolute Gasteiger partial charge is 0.356 e. The van der Waals surface area contributed by atoms with Gasteiger partial charge in [0, 0.05) is 43.7 Å². The zero-order valence-electron chi connectivity index (χ0n) is 21.7. The number of hydrogen-bond donors (Lipinski definition) is 2. The number of aromatic nitrogens is 4. The highest BCUT2D eigenvalue weighted by atomic mass is 16.5. The molecule has 0 aliphatic carbocycles. The van der Waals surface area contributed by atoms with Crippen molar-refractivity contribution in [2.45, 2.75) is 13.8 Å². The van der Waals surface area contributed by atoms with E-state index in [0.29, 0.717) is 0 Å². The number of carbonyl (C=O) groups excluding carboxylic acids is 2. The molecule has 0 radical (unpaired) electrons. The Kier molecular flexibility index (Phi) is 6.35. The molecule has 0 saturated carbocycles. The van der Waals surface area contributed by atoms with Crippen molar-refractivity contribution in [3.63, 3.8) is 0 Å². The molecule has 0 saturated heterocycles. The lowest BCUT2D eigenvalue weighted by Crippen LogP contribution is -2.06. The standard InChI is InChI=1S/C32H22N4O4/c1-3-39-31(37)27-15-23-21-13-19(9-11-25(21)35-29(23)17-33-27)7-5-6-8-20-10-12-26-22(14-20)24-16-28(32(38)40-4-2)34-18-30(24)36-26/h9-18,35-36H,3-4H2,1-2H3. The average molecular weight is 527 g/mol. The second-order valence-electron chi connectivity index (χ2n) is 8.94. The molecule has 4 heterocycles. The number of esters is 2. The Morgan fingerprint density at radius 1 is 0.650 bits per heavy atom. The minimum Gasteiger partial charge on any atom is -0.461 e. The summed E-state index contributed by atoms with van der Waals surface area (Å²) in [6, 6.07) is 15.1. The molecule has 6 aromatic rings. The number of aromatic amines is 2. The van der Waals surface area contributed by atoms with Gasteiger partial charge in [0.1, 0.15) is 11.4 Å². The summed E-state index contributed by atoms with van der Waals surface area (Å²) in [7, 11) is 0.